The molecule has 0 bridgehead atoms. The molecular weight excluding hydrogens is 424 g/mol. The van der Waals surface area contributed by atoms with Crippen LogP contribution in [0.3, 0.4) is 0 Å². The number of carbonyl (C=O) groups excluding carboxylic acids is 2. The SMILES string of the molecule is C[NH+](C)CCOC(=O)CCN1C(=O)C(=Cc2cccc(Br)c2)SC1=S. The van der Waals surface area contributed by atoms with E-state index in [4.69, 9.17) is 17.0 Å². The van der Waals surface area contributed by atoms with Crippen molar-refractivity contribution in [2.45, 2.75) is 6.42 Å². The third-order valence-corrected chi connectivity index (χ3v) is 5.30. The molecule has 1 aromatic carbocycles. The second kappa shape index (κ2) is 9.47. The third-order valence-electron chi connectivity index (χ3n) is 3.42. The van der Waals surface area contributed by atoms with Gasteiger partial charge in [-0.3, -0.25) is 14.5 Å². The highest BCUT2D eigenvalue weighted by Crippen LogP contribution is 2.32. The van der Waals surface area contributed by atoms with E-state index >= 15 is 0 Å². The number of esters is 1. The van der Waals surface area contributed by atoms with Gasteiger partial charge < -0.3 is 9.64 Å². The fourth-order valence-electron chi connectivity index (χ4n) is 2.08. The van der Waals surface area contributed by atoms with Crippen molar-refractivity contribution in [1.29, 1.82) is 0 Å². The number of thioether (sulfide) groups is 1. The Morgan fingerprint density at radius 1 is 1.44 bits per heavy atom. The summed E-state index contributed by atoms with van der Waals surface area (Å²) >= 11 is 9.94. The summed E-state index contributed by atoms with van der Waals surface area (Å²) in [6, 6.07) is 7.67. The highest BCUT2D eigenvalue weighted by molar-refractivity contribution is 9.10. The Hall–Kier alpha value is -1.22. The lowest BCUT2D eigenvalue weighted by molar-refractivity contribution is -0.858. The van der Waals surface area contributed by atoms with E-state index in [0.717, 1.165) is 16.6 Å². The maximum Gasteiger partial charge on any atom is 0.307 e. The van der Waals surface area contributed by atoms with Crippen molar-refractivity contribution in [3.8, 4) is 0 Å². The van der Waals surface area contributed by atoms with Crippen molar-refractivity contribution in [1.82, 2.24) is 4.90 Å². The number of ether oxygens (including phenoxy) is 1. The van der Waals surface area contributed by atoms with Gasteiger partial charge >= 0.3 is 5.97 Å². The summed E-state index contributed by atoms with van der Waals surface area (Å²) in [7, 11) is 3.98. The smallest absolute Gasteiger partial charge is 0.307 e. The minimum absolute atomic E-state index is 0.138. The zero-order chi connectivity index (χ0) is 18.4. The summed E-state index contributed by atoms with van der Waals surface area (Å²) < 4.78 is 6.56. The van der Waals surface area contributed by atoms with Gasteiger partial charge in [-0.2, -0.15) is 0 Å². The molecule has 0 saturated carbocycles. The molecule has 1 aliphatic heterocycles. The molecule has 0 radical (unpaired) electrons. The van der Waals surface area contributed by atoms with Gasteiger partial charge in [-0.25, -0.2) is 0 Å². The summed E-state index contributed by atoms with van der Waals surface area (Å²) in [6.45, 7) is 1.37. The quantitative estimate of drug-likeness (QED) is 0.395. The zero-order valence-corrected chi connectivity index (χ0v) is 17.3. The molecule has 134 valence electrons. The number of hydrogen-bond donors (Lipinski definition) is 1. The highest BCUT2D eigenvalue weighted by Gasteiger charge is 2.32. The average molecular weight is 444 g/mol. The molecule has 1 aromatic rings. The maximum atomic E-state index is 12.5. The van der Waals surface area contributed by atoms with E-state index in [1.807, 2.05) is 44.4 Å². The maximum absolute atomic E-state index is 12.5. The number of thiocarbonyl (C=S) groups is 1. The molecule has 1 amide bonds. The minimum atomic E-state index is -0.314. The van der Waals surface area contributed by atoms with Crippen LogP contribution in [0.1, 0.15) is 12.0 Å². The zero-order valence-electron chi connectivity index (χ0n) is 14.1. The number of nitrogens with zero attached hydrogens (tertiary/aromatic N) is 1. The van der Waals surface area contributed by atoms with Crippen LogP contribution < -0.4 is 4.90 Å². The number of likely N-dealkylation sites (N-methyl/N-ethyl adjacent to an activating group) is 1. The Morgan fingerprint density at radius 2 is 2.20 bits per heavy atom. The van der Waals surface area contributed by atoms with Crippen LogP contribution in [0.15, 0.2) is 33.6 Å². The average Bonchev–Trinajstić information content (AvgIpc) is 2.79. The van der Waals surface area contributed by atoms with Gasteiger partial charge in [0.25, 0.3) is 5.91 Å². The number of hydrogen-bond acceptors (Lipinski definition) is 5. The van der Waals surface area contributed by atoms with Gasteiger partial charge in [0.05, 0.1) is 25.4 Å². The fourth-order valence-corrected chi connectivity index (χ4v) is 3.81. The van der Waals surface area contributed by atoms with Crippen LogP contribution in [-0.2, 0) is 14.3 Å². The molecule has 1 N–H and O–H groups in total. The Labute approximate surface area is 165 Å². The summed E-state index contributed by atoms with van der Waals surface area (Å²) in [4.78, 5) is 27.5. The third kappa shape index (κ3) is 6.22. The van der Waals surface area contributed by atoms with E-state index in [-0.39, 0.29) is 24.8 Å². The molecule has 0 aromatic heterocycles. The summed E-state index contributed by atoms with van der Waals surface area (Å²) in [5, 5.41) is 0. The summed E-state index contributed by atoms with van der Waals surface area (Å²) in [5.41, 5.74) is 0.917. The van der Waals surface area contributed by atoms with Gasteiger partial charge in [0.1, 0.15) is 17.5 Å². The Morgan fingerprint density at radius 3 is 2.88 bits per heavy atom. The molecule has 0 spiro atoms. The number of nitrogens with one attached hydrogen (secondary N) is 1. The first kappa shape index (κ1) is 20.1. The molecule has 1 saturated heterocycles. The van der Waals surface area contributed by atoms with Crippen LogP contribution in [-0.4, -0.2) is 54.9 Å². The van der Waals surface area contributed by atoms with E-state index in [2.05, 4.69) is 15.9 Å². The monoisotopic (exact) mass is 443 g/mol. The van der Waals surface area contributed by atoms with Crippen LogP contribution in [0.4, 0.5) is 0 Å². The molecule has 25 heavy (non-hydrogen) atoms. The van der Waals surface area contributed by atoms with Gasteiger partial charge in [0, 0.05) is 11.0 Å². The second-order valence-electron chi connectivity index (χ2n) is 5.82. The van der Waals surface area contributed by atoms with Crippen molar-refractivity contribution >= 4 is 62.2 Å². The van der Waals surface area contributed by atoms with Crippen molar-refractivity contribution in [2.75, 3.05) is 33.8 Å². The van der Waals surface area contributed by atoms with Crippen molar-refractivity contribution in [3.05, 3.63) is 39.2 Å². The molecule has 0 atom stereocenters. The molecule has 2 rings (SSSR count). The van der Waals surface area contributed by atoms with Crippen molar-refractivity contribution < 1.29 is 19.2 Å². The lowest BCUT2D eigenvalue weighted by Gasteiger charge is -2.14. The van der Waals surface area contributed by atoms with Crippen LogP contribution >= 0.6 is 39.9 Å². The highest BCUT2D eigenvalue weighted by atomic mass is 79.9. The molecule has 8 heteroatoms. The topological polar surface area (TPSA) is 51.1 Å². The largest absolute Gasteiger partial charge is 0.460 e. The normalized spacial score (nSPS) is 16.2. The lowest BCUT2D eigenvalue weighted by atomic mass is 10.2. The minimum Gasteiger partial charge on any atom is -0.460 e. The number of rotatable bonds is 7. The molecule has 1 aliphatic rings. The molecule has 0 aliphatic carbocycles. The molecule has 1 fully saturated rings. The van der Waals surface area contributed by atoms with Gasteiger partial charge in [-0.15, -0.1) is 0 Å². The molecule has 5 nitrogen and oxygen atoms in total. The standard InChI is InChI=1S/C17H19BrN2O3S2/c1-19(2)8-9-23-15(21)6-7-20-16(22)14(25-17(20)24)11-12-4-3-5-13(18)10-12/h3-5,10-11H,6-9H2,1-2H3/p+1. The van der Waals surface area contributed by atoms with E-state index in [0.29, 0.717) is 15.8 Å². The van der Waals surface area contributed by atoms with Gasteiger partial charge in [0.2, 0.25) is 0 Å². The molecule has 1 heterocycles. The summed E-state index contributed by atoms with van der Waals surface area (Å²) in [5.74, 6) is -0.480. The Balaban J connectivity index is 1.91. The van der Waals surface area contributed by atoms with E-state index < -0.39 is 0 Å². The first-order valence-electron chi connectivity index (χ1n) is 7.82. The first-order chi connectivity index (χ1) is 11.9. The Bertz CT molecular complexity index is 707. The number of benzene rings is 1. The fraction of sp³-hybridized carbons (Fsp3) is 0.353. The molecular formula is C17H20BrN2O3S2+. The predicted octanol–water partition coefficient (Wildman–Crippen LogP) is 1.73. The van der Waals surface area contributed by atoms with Crippen LogP contribution in [0.2, 0.25) is 0 Å². The second-order valence-corrected chi connectivity index (χ2v) is 8.41. The van der Waals surface area contributed by atoms with Crippen molar-refractivity contribution in [2.24, 2.45) is 0 Å². The van der Waals surface area contributed by atoms with Gasteiger partial charge in [0.15, 0.2) is 0 Å². The number of quaternary nitrogens is 1. The van der Waals surface area contributed by atoms with Crippen LogP contribution in [0.25, 0.3) is 6.08 Å². The number of carbonyl (C=O) groups is 2. The van der Waals surface area contributed by atoms with E-state index in [1.165, 1.54) is 21.6 Å². The number of halogens is 1. The Kier molecular flexibility index (Phi) is 7.61. The van der Waals surface area contributed by atoms with Crippen LogP contribution in [0.5, 0.6) is 0 Å². The van der Waals surface area contributed by atoms with Crippen LogP contribution in [0, 0.1) is 0 Å². The molecule has 0 unspecified atom stereocenters. The van der Waals surface area contributed by atoms with Gasteiger partial charge in [-0.05, 0) is 23.8 Å². The first-order valence-corrected chi connectivity index (χ1v) is 9.84. The van der Waals surface area contributed by atoms with E-state index in [9.17, 15) is 9.59 Å². The summed E-state index contributed by atoms with van der Waals surface area (Å²) in [6.07, 6.45) is 1.95. The number of amides is 1. The van der Waals surface area contributed by atoms with E-state index in [1.54, 1.807) is 0 Å². The predicted molar refractivity (Wildman–Crippen MR) is 107 cm³/mol. The van der Waals surface area contributed by atoms with Crippen molar-refractivity contribution in [3.63, 3.8) is 0 Å². The van der Waals surface area contributed by atoms with Gasteiger partial charge in [-0.1, -0.05) is 52.0 Å². The lowest BCUT2D eigenvalue weighted by Crippen LogP contribution is -3.06.